The number of anilines is 1. The maximum Gasteiger partial charge on any atom is 0.119 e. The number of ether oxygens (including phenoxy) is 1. The molecule has 0 atom stereocenters. The number of nitrogens with zero attached hydrogens (tertiary/aromatic N) is 1. The quantitative estimate of drug-likeness (QED) is 0.571. The third-order valence-corrected chi connectivity index (χ3v) is 3.21. The predicted molar refractivity (Wildman–Crippen MR) is 76.8 cm³/mol. The molecule has 0 amide bonds. The van der Waals surface area contributed by atoms with Crippen molar-refractivity contribution in [1.29, 1.82) is 0 Å². The Morgan fingerprint density at radius 3 is 2.59 bits per heavy atom. The molecule has 3 nitrogen and oxygen atoms in total. The number of nitrogens with two attached hydrogens (primary N) is 1. The number of rotatable bonds is 8. The van der Waals surface area contributed by atoms with Gasteiger partial charge in [-0.1, -0.05) is 0 Å². The van der Waals surface area contributed by atoms with Crippen LogP contribution in [0.5, 0.6) is 5.75 Å². The molecular formula is C13H22N2OS. The van der Waals surface area contributed by atoms with Crippen molar-refractivity contribution < 1.29 is 4.74 Å². The minimum absolute atomic E-state index is 0.722. The first-order valence-electron chi connectivity index (χ1n) is 5.88. The van der Waals surface area contributed by atoms with E-state index in [1.165, 1.54) is 12.2 Å². The first kappa shape index (κ1) is 14.2. The van der Waals surface area contributed by atoms with Gasteiger partial charge in [-0.2, -0.15) is 11.8 Å². The number of hydrogen-bond donors (Lipinski definition) is 1. The van der Waals surface area contributed by atoms with E-state index >= 15 is 0 Å². The highest BCUT2D eigenvalue weighted by atomic mass is 32.2. The molecule has 1 rings (SSSR count). The van der Waals surface area contributed by atoms with Crippen molar-refractivity contribution in [3.05, 3.63) is 24.3 Å². The average molecular weight is 254 g/mol. The molecule has 1 aromatic carbocycles. The Labute approximate surface area is 108 Å². The number of hydrogen-bond acceptors (Lipinski definition) is 4. The molecule has 0 saturated heterocycles. The lowest BCUT2D eigenvalue weighted by atomic mass is 10.3. The minimum atomic E-state index is 0.722. The molecule has 0 saturated carbocycles. The molecule has 0 radical (unpaired) electrons. The molecule has 0 unspecified atom stereocenters. The highest BCUT2D eigenvalue weighted by Crippen LogP contribution is 2.12. The first-order chi connectivity index (χ1) is 8.22. The molecule has 0 heterocycles. The van der Waals surface area contributed by atoms with E-state index < -0.39 is 0 Å². The van der Waals surface area contributed by atoms with Crippen molar-refractivity contribution >= 4 is 17.4 Å². The van der Waals surface area contributed by atoms with E-state index in [2.05, 4.69) is 18.2 Å². The van der Waals surface area contributed by atoms with Gasteiger partial charge in [-0.05, 0) is 56.3 Å². The fraction of sp³-hybridized carbons (Fsp3) is 0.538. The third kappa shape index (κ3) is 6.44. The summed E-state index contributed by atoms with van der Waals surface area (Å²) >= 11 is 1.90. The smallest absolute Gasteiger partial charge is 0.119 e. The van der Waals surface area contributed by atoms with E-state index in [0.717, 1.165) is 31.1 Å². The summed E-state index contributed by atoms with van der Waals surface area (Å²) in [6.45, 7) is 2.81. The third-order valence-electron chi connectivity index (χ3n) is 2.51. The van der Waals surface area contributed by atoms with Gasteiger partial charge >= 0.3 is 0 Å². The highest BCUT2D eigenvalue weighted by molar-refractivity contribution is 7.98. The maximum atomic E-state index is 5.64. The average Bonchev–Trinajstić information content (AvgIpc) is 2.32. The number of benzene rings is 1. The van der Waals surface area contributed by atoms with Gasteiger partial charge in [0.1, 0.15) is 12.4 Å². The predicted octanol–water partition coefficient (Wildman–Crippen LogP) is 2.33. The topological polar surface area (TPSA) is 38.5 Å². The summed E-state index contributed by atoms with van der Waals surface area (Å²) in [4.78, 5) is 2.30. The van der Waals surface area contributed by atoms with Gasteiger partial charge in [-0.3, -0.25) is 0 Å². The van der Waals surface area contributed by atoms with Crippen molar-refractivity contribution in [2.75, 3.05) is 44.5 Å². The molecule has 0 bridgehead atoms. The SMILES string of the molecule is CSCCCN(C)CCOc1ccc(N)cc1. The van der Waals surface area contributed by atoms with Crippen LogP contribution in [0.15, 0.2) is 24.3 Å². The molecule has 1 aromatic rings. The minimum Gasteiger partial charge on any atom is -0.492 e. The monoisotopic (exact) mass is 254 g/mol. The molecular weight excluding hydrogens is 232 g/mol. The summed E-state index contributed by atoms with van der Waals surface area (Å²) in [7, 11) is 2.13. The highest BCUT2D eigenvalue weighted by Gasteiger charge is 1.99. The number of likely N-dealkylation sites (N-methyl/N-ethyl adjacent to an activating group) is 1. The van der Waals surface area contributed by atoms with Crippen LogP contribution in [0.25, 0.3) is 0 Å². The summed E-state index contributed by atoms with van der Waals surface area (Å²) < 4.78 is 5.64. The molecule has 0 aliphatic carbocycles. The second kappa shape index (κ2) is 8.25. The van der Waals surface area contributed by atoms with Crippen LogP contribution in [0.2, 0.25) is 0 Å². The Morgan fingerprint density at radius 2 is 1.94 bits per heavy atom. The second-order valence-corrected chi connectivity index (χ2v) is 5.05. The fourth-order valence-electron chi connectivity index (χ4n) is 1.47. The van der Waals surface area contributed by atoms with E-state index in [0.29, 0.717) is 0 Å². The Morgan fingerprint density at radius 1 is 1.24 bits per heavy atom. The van der Waals surface area contributed by atoms with Gasteiger partial charge in [0.25, 0.3) is 0 Å². The van der Waals surface area contributed by atoms with Crippen LogP contribution in [0.3, 0.4) is 0 Å². The van der Waals surface area contributed by atoms with Crippen molar-refractivity contribution in [1.82, 2.24) is 4.90 Å². The molecule has 2 N–H and O–H groups in total. The standard InChI is InChI=1S/C13H22N2OS/c1-15(8-3-11-17-2)9-10-16-13-6-4-12(14)5-7-13/h4-7H,3,8-11,14H2,1-2H3. The molecule has 4 heteroatoms. The van der Waals surface area contributed by atoms with E-state index in [1.54, 1.807) is 0 Å². The second-order valence-electron chi connectivity index (χ2n) is 4.07. The number of thioether (sulfide) groups is 1. The molecule has 96 valence electrons. The van der Waals surface area contributed by atoms with Gasteiger partial charge in [0, 0.05) is 12.2 Å². The zero-order valence-electron chi connectivity index (χ0n) is 10.7. The summed E-state index contributed by atoms with van der Waals surface area (Å²) in [6.07, 6.45) is 3.38. The lowest BCUT2D eigenvalue weighted by Gasteiger charge is -2.16. The van der Waals surface area contributed by atoms with Crippen LogP contribution in [-0.2, 0) is 0 Å². The molecule has 0 aromatic heterocycles. The van der Waals surface area contributed by atoms with Crippen molar-refractivity contribution in [2.45, 2.75) is 6.42 Å². The maximum absolute atomic E-state index is 5.64. The fourth-order valence-corrected chi connectivity index (χ4v) is 1.89. The lowest BCUT2D eigenvalue weighted by molar-refractivity contribution is 0.238. The van der Waals surface area contributed by atoms with Crippen LogP contribution in [0, 0.1) is 0 Å². The summed E-state index contributed by atoms with van der Waals surface area (Å²) in [5.41, 5.74) is 6.38. The van der Waals surface area contributed by atoms with Crippen LogP contribution in [0.1, 0.15) is 6.42 Å². The summed E-state index contributed by atoms with van der Waals surface area (Å²) in [5.74, 6) is 2.11. The van der Waals surface area contributed by atoms with E-state index in [-0.39, 0.29) is 0 Å². The zero-order valence-corrected chi connectivity index (χ0v) is 11.5. The first-order valence-corrected chi connectivity index (χ1v) is 7.27. The van der Waals surface area contributed by atoms with Crippen molar-refractivity contribution in [3.8, 4) is 5.75 Å². The van der Waals surface area contributed by atoms with Crippen molar-refractivity contribution in [3.63, 3.8) is 0 Å². The molecule has 0 spiro atoms. The van der Waals surface area contributed by atoms with E-state index in [9.17, 15) is 0 Å². The number of nitrogen functional groups attached to an aromatic ring is 1. The van der Waals surface area contributed by atoms with Gasteiger partial charge in [-0.15, -0.1) is 0 Å². The van der Waals surface area contributed by atoms with Gasteiger partial charge in [0.2, 0.25) is 0 Å². The van der Waals surface area contributed by atoms with Gasteiger partial charge in [0.15, 0.2) is 0 Å². The zero-order chi connectivity index (χ0) is 12.5. The van der Waals surface area contributed by atoms with Crippen molar-refractivity contribution in [2.24, 2.45) is 0 Å². The Kier molecular flexibility index (Phi) is 6.89. The van der Waals surface area contributed by atoms with Crippen LogP contribution >= 0.6 is 11.8 Å². The van der Waals surface area contributed by atoms with E-state index in [4.69, 9.17) is 10.5 Å². The van der Waals surface area contributed by atoms with Crippen LogP contribution in [-0.4, -0.2) is 43.7 Å². The molecule has 0 fully saturated rings. The summed E-state index contributed by atoms with van der Waals surface area (Å²) in [6, 6.07) is 7.53. The molecule has 0 aliphatic heterocycles. The Balaban J connectivity index is 2.12. The Bertz CT molecular complexity index is 303. The van der Waals surface area contributed by atoms with Crippen LogP contribution < -0.4 is 10.5 Å². The largest absolute Gasteiger partial charge is 0.492 e. The molecule has 17 heavy (non-hydrogen) atoms. The van der Waals surface area contributed by atoms with Gasteiger partial charge in [0.05, 0.1) is 0 Å². The summed E-state index contributed by atoms with van der Waals surface area (Å²) in [5, 5.41) is 0. The normalized spacial score (nSPS) is 10.8. The lowest BCUT2D eigenvalue weighted by Crippen LogP contribution is -2.25. The van der Waals surface area contributed by atoms with Crippen LogP contribution in [0.4, 0.5) is 5.69 Å². The molecule has 0 aliphatic rings. The van der Waals surface area contributed by atoms with Gasteiger partial charge in [-0.25, -0.2) is 0 Å². The van der Waals surface area contributed by atoms with E-state index in [1.807, 2.05) is 36.0 Å². The Hall–Kier alpha value is -0.870. The van der Waals surface area contributed by atoms with Gasteiger partial charge < -0.3 is 15.4 Å².